The molecule has 27 heavy (non-hydrogen) atoms. The third-order valence-corrected chi connectivity index (χ3v) is 6.45. The summed E-state index contributed by atoms with van der Waals surface area (Å²) in [6, 6.07) is 13.8. The molecule has 2 heterocycles. The minimum Gasteiger partial charge on any atom is -0.447 e. The van der Waals surface area contributed by atoms with Gasteiger partial charge in [0.25, 0.3) is 0 Å². The van der Waals surface area contributed by atoms with E-state index in [4.69, 9.17) is 14.9 Å². The first-order valence-electron chi connectivity index (χ1n) is 9.26. The standard InChI is InChI=1S/C21H20N4O2/c1-14-6-8-15(9-7-14)17-19(11-22,12-23)20(13-24)16-5-3-2-4-10-21(16,26-17)27-18(20)25/h6-9,16-17,25H,2-5,10H2,1H3/t16-,17-,20+,21+/m1/s1. The SMILES string of the molecule is Cc1ccc([C@H]2O[C@]34CCCCC[C@@H]3[C@@](C#N)(C(=N)O4)C2(C#N)C#N)cc1. The molecular weight excluding hydrogens is 340 g/mol. The molecule has 0 amide bonds. The normalized spacial score (nSPS) is 36.3. The van der Waals surface area contributed by atoms with Crippen molar-refractivity contribution < 1.29 is 9.47 Å². The maximum atomic E-state index is 10.2. The quantitative estimate of drug-likeness (QED) is 0.816. The Morgan fingerprint density at radius 3 is 2.37 bits per heavy atom. The number of ether oxygens (including phenoxy) is 2. The van der Waals surface area contributed by atoms with Crippen molar-refractivity contribution in [3.05, 3.63) is 35.4 Å². The van der Waals surface area contributed by atoms with Crippen LogP contribution in [0.3, 0.4) is 0 Å². The minimum absolute atomic E-state index is 0.297. The van der Waals surface area contributed by atoms with Gasteiger partial charge in [-0.25, -0.2) is 0 Å². The molecule has 0 radical (unpaired) electrons. The molecule has 0 spiro atoms. The summed E-state index contributed by atoms with van der Waals surface area (Å²) in [6.45, 7) is 1.95. The zero-order valence-corrected chi connectivity index (χ0v) is 15.2. The van der Waals surface area contributed by atoms with E-state index >= 15 is 0 Å². The highest BCUT2D eigenvalue weighted by Gasteiger charge is 2.80. The molecule has 1 aromatic rings. The summed E-state index contributed by atoms with van der Waals surface area (Å²) in [4.78, 5) is 0. The van der Waals surface area contributed by atoms with Crippen molar-refractivity contribution in [2.75, 3.05) is 0 Å². The molecular formula is C21H20N4O2. The van der Waals surface area contributed by atoms with Gasteiger partial charge in [-0.05, 0) is 25.3 Å². The van der Waals surface area contributed by atoms with Gasteiger partial charge in [-0.1, -0.05) is 42.7 Å². The van der Waals surface area contributed by atoms with Gasteiger partial charge in [0.1, 0.15) is 6.10 Å². The average molecular weight is 360 g/mol. The molecule has 3 aliphatic rings. The fraction of sp³-hybridized carbons (Fsp3) is 0.524. The maximum Gasteiger partial charge on any atom is 0.217 e. The van der Waals surface area contributed by atoms with Crippen molar-refractivity contribution in [3.8, 4) is 18.2 Å². The second-order valence-electron chi connectivity index (χ2n) is 7.75. The van der Waals surface area contributed by atoms with Crippen molar-refractivity contribution in [3.63, 3.8) is 0 Å². The lowest BCUT2D eigenvalue weighted by atomic mass is 9.52. The van der Waals surface area contributed by atoms with Crippen LogP contribution in [0.5, 0.6) is 0 Å². The highest BCUT2D eigenvalue weighted by atomic mass is 16.7. The topological polar surface area (TPSA) is 114 Å². The Morgan fingerprint density at radius 1 is 1.04 bits per heavy atom. The van der Waals surface area contributed by atoms with E-state index in [2.05, 4.69) is 18.2 Å². The third kappa shape index (κ3) is 1.98. The van der Waals surface area contributed by atoms with Gasteiger partial charge in [0, 0.05) is 6.42 Å². The van der Waals surface area contributed by atoms with Crippen molar-refractivity contribution in [2.24, 2.45) is 16.7 Å². The fourth-order valence-corrected chi connectivity index (χ4v) is 5.08. The highest BCUT2D eigenvalue weighted by molar-refractivity contribution is 5.89. The predicted molar refractivity (Wildman–Crippen MR) is 94.8 cm³/mol. The summed E-state index contributed by atoms with van der Waals surface area (Å²) in [6.07, 6.45) is 2.89. The lowest BCUT2D eigenvalue weighted by molar-refractivity contribution is -0.284. The molecule has 1 aromatic carbocycles. The average Bonchev–Trinajstić information content (AvgIpc) is 2.81. The molecule has 6 heteroatoms. The number of nitriles is 3. The van der Waals surface area contributed by atoms with Crippen LogP contribution >= 0.6 is 0 Å². The Morgan fingerprint density at radius 2 is 1.74 bits per heavy atom. The van der Waals surface area contributed by atoms with E-state index in [1.165, 1.54) is 0 Å². The molecule has 4 atom stereocenters. The van der Waals surface area contributed by atoms with E-state index in [0.717, 1.165) is 24.8 Å². The lowest BCUT2D eigenvalue weighted by Gasteiger charge is -2.49. The number of hydrogen-bond donors (Lipinski definition) is 1. The molecule has 1 aliphatic carbocycles. The Labute approximate surface area is 158 Å². The van der Waals surface area contributed by atoms with Gasteiger partial charge in [0.15, 0.2) is 5.41 Å². The van der Waals surface area contributed by atoms with E-state index in [1.807, 2.05) is 31.2 Å². The Balaban J connectivity index is 1.99. The van der Waals surface area contributed by atoms with Gasteiger partial charge in [-0.15, -0.1) is 0 Å². The first-order chi connectivity index (χ1) is 13.0. The number of nitrogens with one attached hydrogen (secondary N) is 1. The number of hydrogen-bond acceptors (Lipinski definition) is 6. The van der Waals surface area contributed by atoms with Gasteiger partial charge in [0.05, 0.1) is 24.1 Å². The van der Waals surface area contributed by atoms with Gasteiger partial charge in [0.2, 0.25) is 17.1 Å². The van der Waals surface area contributed by atoms with Crippen LogP contribution in [-0.2, 0) is 9.47 Å². The first-order valence-corrected chi connectivity index (χ1v) is 9.26. The first kappa shape index (κ1) is 17.5. The summed E-state index contributed by atoms with van der Waals surface area (Å²) >= 11 is 0. The van der Waals surface area contributed by atoms with Crippen LogP contribution in [0.1, 0.15) is 49.3 Å². The van der Waals surface area contributed by atoms with Crippen LogP contribution in [0.2, 0.25) is 0 Å². The summed E-state index contributed by atoms with van der Waals surface area (Å²) in [5.41, 5.74) is -1.78. The van der Waals surface area contributed by atoms with Gasteiger partial charge >= 0.3 is 0 Å². The second kappa shape index (κ2) is 5.81. The Kier molecular flexibility index (Phi) is 3.77. The molecule has 136 valence electrons. The van der Waals surface area contributed by atoms with E-state index < -0.39 is 28.6 Å². The zero-order chi connectivity index (χ0) is 19.3. The molecule has 6 nitrogen and oxygen atoms in total. The summed E-state index contributed by atoms with van der Waals surface area (Å²) in [5.74, 6) is -1.91. The van der Waals surface area contributed by atoms with Crippen LogP contribution in [0.4, 0.5) is 0 Å². The Bertz CT molecular complexity index is 905. The molecule has 2 aliphatic heterocycles. The van der Waals surface area contributed by atoms with Crippen LogP contribution in [0, 0.1) is 63.1 Å². The smallest absolute Gasteiger partial charge is 0.217 e. The van der Waals surface area contributed by atoms with Gasteiger partial charge in [-0.3, -0.25) is 5.41 Å². The van der Waals surface area contributed by atoms with Crippen LogP contribution in [0.25, 0.3) is 0 Å². The highest BCUT2D eigenvalue weighted by Crippen LogP contribution is 2.68. The van der Waals surface area contributed by atoms with E-state index in [-0.39, 0.29) is 5.90 Å². The van der Waals surface area contributed by atoms with Crippen molar-refractivity contribution >= 4 is 5.90 Å². The van der Waals surface area contributed by atoms with Crippen LogP contribution in [-0.4, -0.2) is 11.7 Å². The number of nitrogens with zero attached hydrogens (tertiary/aromatic N) is 3. The molecule has 1 saturated carbocycles. The van der Waals surface area contributed by atoms with E-state index in [0.29, 0.717) is 18.4 Å². The minimum atomic E-state index is -1.84. The summed E-state index contributed by atoms with van der Waals surface area (Å²) in [7, 11) is 0. The molecule has 2 saturated heterocycles. The second-order valence-corrected chi connectivity index (χ2v) is 7.75. The molecule has 1 N–H and O–H groups in total. The predicted octanol–water partition coefficient (Wildman–Crippen LogP) is 3.89. The molecule has 0 unspecified atom stereocenters. The summed E-state index contributed by atoms with van der Waals surface area (Å²) < 4.78 is 12.3. The van der Waals surface area contributed by atoms with Crippen molar-refractivity contribution in [2.45, 2.75) is 50.9 Å². The van der Waals surface area contributed by atoms with Gasteiger partial charge in [-0.2, -0.15) is 15.8 Å². The molecule has 0 aromatic heterocycles. The maximum absolute atomic E-state index is 10.2. The largest absolute Gasteiger partial charge is 0.447 e. The third-order valence-electron chi connectivity index (χ3n) is 6.45. The number of benzene rings is 1. The summed E-state index contributed by atoms with van der Waals surface area (Å²) in [5, 5.41) is 39.1. The number of aryl methyl sites for hydroxylation is 1. The fourth-order valence-electron chi connectivity index (χ4n) is 5.08. The number of rotatable bonds is 1. The monoisotopic (exact) mass is 360 g/mol. The lowest BCUT2D eigenvalue weighted by Crippen LogP contribution is -2.59. The molecule has 2 bridgehead atoms. The van der Waals surface area contributed by atoms with Crippen LogP contribution in [0.15, 0.2) is 24.3 Å². The van der Waals surface area contributed by atoms with E-state index in [1.54, 1.807) is 0 Å². The van der Waals surface area contributed by atoms with E-state index in [9.17, 15) is 15.8 Å². The molecule has 4 rings (SSSR count). The Hall–Kier alpha value is -2.88. The van der Waals surface area contributed by atoms with Crippen LogP contribution < -0.4 is 0 Å². The zero-order valence-electron chi connectivity index (χ0n) is 15.2. The van der Waals surface area contributed by atoms with Crippen molar-refractivity contribution in [1.29, 1.82) is 21.2 Å². The van der Waals surface area contributed by atoms with Crippen molar-refractivity contribution in [1.82, 2.24) is 0 Å². The van der Waals surface area contributed by atoms with Gasteiger partial charge < -0.3 is 9.47 Å². The molecule has 3 fully saturated rings.